The molecule has 1 aliphatic rings. The second-order valence-electron chi connectivity index (χ2n) is 11.0. The van der Waals surface area contributed by atoms with Crippen LogP contribution in [0.1, 0.15) is 40.4 Å². The number of fused-ring (bicyclic) bond motifs is 1. The monoisotopic (exact) mass is 566 g/mol. The van der Waals surface area contributed by atoms with Gasteiger partial charge in [0.1, 0.15) is 11.3 Å². The summed E-state index contributed by atoms with van der Waals surface area (Å²) in [4.78, 5) is 27.9. The molecule has 1 atom stereocenters. The van der Waals surface area contributed by atoms with Crippen LogP contribution in [0.15, 0.2) is 109 Å². The Morgan fingerprint density at radius 3 is 2.33 bits per heavy atom. The number of carbonyl (C=O) groups is 1. The third kappa shape index (κ3) is 4.91. The molecule has 6 aromatic rings. The largest absolute Gasteiger partial charge is 0.478 e. The molecule has 0 radical (unpaired) electrons. The van der Waals surface area contributed by atoms with Gasteiger partial charge in [-0.15, -0.1) is 0 Å². The first-order valence-electron chi connectivity index (χ1n) is 14.3. The first-order chi connectivity index (χ1) is 21.0. The van der Waals surface area contributed by atoms with Gasteiger partial charge in [-0.25, -0.2) is 19.7 Å². The zero-order valence-corrected chi connectivity index (χ0v) is 23.6. The number of hydrogen-bond donors (Lipinski definition) is 2. The summed E-state index contributed by atoms with van der Waals surface area (Å²) < 4.78 is 2.06. The molecule has 0 saturated carbocycles. The summed E-state index contributed by atoms with van der Waals surface area (Å²) in [5, 5.41) is 9.19. The number of likely N-dealkylation sites (tertiary alicyclic amines) is 1. The van der Waals surface area contributed by atoms with Gasteiger partial charge in [-0.2, -0.15) is 0 Å². The van der Waals surface area contributed by atoms with Gasteiger partial charge in [0.25, 0.3) is 0 Å². The highest BCUT2D eigenvalue weighted by Crippen LogP contribution is 2.36. The van der Waals surface area contributed by atoms with Crippen molar-refractivity contribution < 1.29 is 9.90 Å². The number of pyridine rings is 2. The van der Waals surface area contributed by atoms with Crippen LogP contribution in [0.4, 0.5) is 5.82 Å². The predicted molar refractivity (Wildman–Crippen MR) is 168 cm³/mol. The summed E-state index contributed by atoms with van der Waals surface area (Å²) in [6.07, 6.45) is 1.68. The molecule has 4 heterocycles. The molecule has 8 heteroatoms. The molecule has 1 saturated heterocycles. The Kier molecular flexibility index (Phi) is 6.68. The van der Waals surface area contributed by atoms with Crippen LogP contribution in [0.3, 0.4) is 0 Å². The Bertz CT molecular complexity index is 1930. The van der Waals surface area contributed by atoms with E-state index in [0.29, 0.717) is 23.1 Å². The van der Waals surface area contributed by atoms with Gasteiger partial charge in [-0.1, -0.05) is 54.6 Å². The first kappa shape index (κ1) is 26.6. The van der Waals surface area contributed by atoms with Crippen molar-refractivity contribution in [2.24, 2.45) is 0 Å². The lowest BCUT2D eigenvalue weighted by molar-refractivity contribution is 0.0696. The molecule has 212 valence electrons. The Morgan fingerprint density at radius 2 is 1.63 bits per heavy atom. The molecule has 8 nitrogen and oxygen atoms in total. The van der Waals surface area contributed by atoms with E-state index in [1.54, 1.807) is 18.3 Å². The number of carboxylic acids is 1. The summed E-state index contributed by atoms with van der Waals surface area (Å²) >= 11 is 0. The molecular weight excluding hydrogens is 536 g/mol. The van der Waals surface area contributed by atoms with Crippen LogP contribution in [0.5, 0.6) is 0 Å². The van der Waals surface area contributed by atoms with Crippen LogP contribution in [-0.4, -0.2) is 48.6 Å². The van der Waals surface area contributed by atoms with E-state index in [0.717, 1.165) is 52.3 Å². The topological polar surface area (TPSA) is 110 Å². The quantitative estimate of drug-likeness (QED) is 0.224. The Balaban J connectivity index is 1.19. The van der Waals surface area contributed by atoms with Gasteiger partial charge in [0.2, 0.25) is 0 Å². The number of carboxylic acid groups (broad SMARTS) is 1. The Morgan fingerprint density at radius 1 is 0.884 bits per heavy atom. The van der Waals surface area contributed by atoms with Crippen LogP contribution in [-0.2, 0) is 0 Å². The van der Waals surface area contributed by atoms with Crippen molar-refractivity contribution >= 4 is 23.0 Å². The average Bonchev–Trinajstić information content (AvgIpc) is 3.40. The highest BCUT2D eigenvalue weighted by Gasteiger charge is 2.32. The van der Waals surface area contributed by atoms with Crippen molar-refractivity contribution in [2.45, 2.75) is 18.9 Å². The number of imidazole rings is 1. The van der Waals surface area contributed by atoms with Crippen LogP contribution >= 0.6 is 0 Å². The van der Waals surface area contributed by atoms with E-state index in [-0.39, 0.29) is 6.04 Å². The van der Waals surface area contributed by atoms with Gasteiger partial charge in [0, 0.05) is 42.5 Å². The van der Waals surface area contributed by atoms with E-state index in [2.05, 4.69) is 57.8 Å². The number of nitrogens with zero attached hydrogens (tertiary/aromatic N) is 5. The minimum atomic E-state index is -0.904. The van der Waals surface area contributed by atoms with Gasteiger partial charge in [-0.05, 0) is 66.6 Å². The maximum atomic E-state index is 11.2. The molecule has 7 rings (SSSR count). The number of rotatable bonds is 7. The molecule has 1 aliphatic heterocycles. The summed E-state index contributed by atoms with van der Waals surface area (Å²) in [6, 6.07) is 33.9. The fourth-order valence-corrected chi connectivity index (χ4v) is 5.81. The maximum absolute atomic E-state index is 11.2. The normalized spacial score (nSPS) is 14.4. The van der Waals surface area contributed by atoms with Crippen LogP contribution < -0.4 is 5.73 Å². The number of anilines is 1. The van der Waals surface area contributed by atoms with Gasteiger partial charge in [0.05, 0.1) is 16.8 Å². The highest BCUT2D eigenvalue weighted by atomic mass is 16.4. The summed E-state index contributed by atoms with van der Waals surface area (Å²) in [7, 11) is 0. The minimum Gasteiger partial charge on any atom is -0.478 e. The van der Waals surface area contributed by atoms with E-state index in [1.165, 1.54) is 5.56 Å². The molecule has 3 aromatic carbocycles. The molecule has 0 spiro atoms. The molecule has 3 aromatic heterocycles. The summed E-state index contributed by atoms with van der Waals surface area (Å²) in [5.41, 5.74) is 14.2. The second-order valence-corrected chi connectivity index (χ2v) is 11.0. The third-order valence-corrected chi connectivity index (χ3v) is 8.37. The fourth-order valence-electron chi connectivity index (χ4n) is 5.81. The van der Waals surface area contributed by atoms with Crippen molar-refractivity contribution in [3.05, 3.63) is 126 Å². The molecular formula is C35H30N6O2. The maximum Gasteiger partial charge on any atom is 0.335 e. The molecule has 0 amide bonds. The average molecular weight is 567 g/mol. The zero-order chi connectivity index (χ0) is 29.5. The molecule has 3 N–H and O–H groups in total. The van der Waals surface area contributed by atoms with Crippen LogP contribution in [0.2, 0.25) is 0 Å². The van der Waals surface area contributed by atoms with Gasteiger partial charge in [0.15, 0.2) is 11.5 Å². The SMILES string of the molecule is C[C@H](c1ccc(C(=O)O)cc1)N1CC(c2ccc(-n3c(-c4cccnc4N)nc4ccc(-c5ccccc5)nc43)cc2)C1. The molecule has 0 unspecified atom stereocenters. The molecule has 43 heavy (non-hydrogen) atoms. The first-order valence-corrected chi connectivity index (χ1v) is 14.3. The lowest BCUT2D eigenvalue weighted by Crippen LogP contribution is -2.46. The van der Waals surface area contributed by atoms with Crippen LogP contribution in [0, 0.1) is 0 Å². The lowest BCUT2D eigenvalue weighted by Gasteiger charge is -2.43. The van der Waals surface area contributed by atoms with E-state index in [4.69, 9.17) is 15.7 Å². The number of hydrogen-bond acceptors (Lipinski definition) is 6. The molecule has 0 aliphatic carbocycles. The predicted octanol–water partition coefficient (Wildman–Crippen LogP) is 6.59. The smallest absolute Gasteiger partial charge is 0.335 e. The Labute approximate surface area is 249 Å². The Hall–Kier alpha value is -5.34. The number of aromatic carboxylic acids is 1. The van der Waals surface area contributed by atoms with E-state index >= 15 is 0 Å². The van der Waals surface area contributed by atoms with Crippen LogP contribution in [0.25, 0.3) is 39.5 Å². The standard InChI is InChI=1S/C35H30N6O2/c1-22(23-9-11-26(12-10-23)35(42)43)40-20-27(21-40)24-13-15-28(16-14-24)41-33(29-8-5-19-37-32(29)36)39-31-18-17-30(38-34(31)41)25-6-3-2-4-7-25/h2-19,22,27H,20-21H2,1H3,(H2,36,37)(H,42,43)/t22-/m1/s1. The number of nitrogen functional groups attached to an aromatic ring is 1. The molecule has 1 fully saturated rings. The highest BCUT2D eigenvalue weighted by molar-refractivity contribution is 5.87. The van der Waals surface area contributed by atoms with E-state index in [1.807, 2.05) is 54.6 Å². The van der Waals surface area contributed by atoms with Crippen molar-refractivity contribution in [3.63, 3.8) is 0 Å². The summed E-state index contributed by atoms with van der Waals surface area (Å²) in [5.74, 6) is 0.633. The number of benzene rings is 3. The zero-order valence-electron chi connectivity index (χ0n) is 23.6. The number of aromatic nitrogens is 4. The minimum absolute atomic E-state index is 0.216. The van der Waals surface area contributed by atoms with Crippen molar-refractivity contribution in [1.82, 2.24) is 24.4 Å². The van der Waals surface area contributed by atoms with Crippen molar-refractivity contribution in [1.29, 1.82) is 0 Å². The van der Waals surface area contributed by atoms with Crippen molar-refractivity contribution in [2.75, 3.05) is 18.8 Å². The van der Waals surface area contributed by atoms with Gasteiger partial charge >= 0.3 is 5.97 Å². The van der Waals surface area contributed by atoms with Gasteiger partial charge in [-0.3, -0.25) is 9.47 Å². The summed E-state index contributed by atoms with van der Waals surface area (Å²) in [6.45, 7) is 4.05. The third-order valence-electron chi connectivity index (χ3n) is 8.37. The van der Waals surface area contributed by atoms with E-state index in [9.17, 15) is 9.90 Å². The van der Waals surface area contributed by atoms with Crippen molar-refractivity contribution in [3.8, 4) is 28.3 Å². The molecule has 0 bridgehead atoms. The van der Waals surface area contributed by atoms with Gasteiger partial charge < -0.3 is 10.8 Å². The van der Waals surface area contributed by atoms with E-state index < -0.39 is 5.97 Å². The lowest BCUT2D eigenvalue weighted by atomic mass is 9.88. The second kappa shape index (κ2) is 10.8. The number of nitrogens with two attached hydrogens (primary N) is 1. The fraction of sp³-hybridized carbons (Fsp3) is 0.143.